The average molecular weight is 530 g/mol. The maximum atomic E-state index is 13.3. The maximum Gasteiger partial charge on any atom is 0.269 e. The lowest BCUT2D eigenvalue weighted by Crippen LogP contribution is -2.08. The lowest BCUT2D eigenvalue weighted by atomic mass is 10.0. The first-order valence-electron chi connectivity index (χ1n) is 10.9. The van der Waals surface area contributed by atoms with Crippen LogP contribution < -0.4 is 23.7 Å². The zero-order valence-electron chi connectivity index (χ0n) is 21.0. The number of nitrogens with zero attached hydrogens (tertiary/aromatic N) is 1. The maximum absolute atomic E-state index is 13.3. The molecule has 0 aliphatic rings. The van der Waals surface area contributed by atoms with Gasteiger partial charge in [-0.2, -0.15) is 0 Å². The van der Waals surface area contributed by atoms with Crippen molar-refractivity contribution >= 4 is 27.7 Å². The number of ether oxygens (including phenoxy) is 5. The summed E-state index contributed by atoms with van der Waals surface area (Å²) in [5.74, 6) is 1.58. The summed E-state index contributed by atoms with van der Waals surface area (Å²) in [6, 6.07) is 11.6. The van der Waals surface area contributed by atoms with Gasteiger partial charge in [0.1, 0.15) is 0 Å². The molecule has 37 heavy (non-hydrogen) atoms. The van der Waals surface area contributed by atoms with Gasteiger partial charge in [0, 0.05) is 17.7 Å². The highest BCUT2D eigenvalue weighted by atomic mass is 32.2. The molecular formula is C26H27NO9S. The second kappa shape index (κ2) is 11.7. The van der Waals surface area contributed by atoms with Crippen molar-refractivity contribution in [2.45, 2.75) is 10.6 Å². The molecule has 0 saturated carbocycles. The van der Waals surface area contributed by atoms with Gasteiger partial charge in [-0.1, -0.05) is 18.2 Å². The van der Waals surface area contributed by atoms with Crippen LogP contribution in [-0.2, 0) is 15.6 Å². The van der Waals surface area contributed by atoms with Gasteiger partial charge < -0.3 is 23.7 Å². The smallest absolute Gasteiger partial charge is 0.269 e. The largest absolute Gasteiger partial charge is 0.493 e. The third kappa shape index (κ3) is 5.95. The fourth-order valence-corrected chi connectivity index (χ4v) is 5.14. The molecule has 0 amide bonds. The first-order valence-corrected chi connectivity index (χ1v) is 12.5. The van der Waals surface area contributed by atoms with Gasteiger partial charge in [-0.15, -0.1) is 0 Å². The topological polar surface area (TPSA) is 123 Å². The fraction of sp³-hybridized carbons (Fsp3) is 0.231. The first kappa shape index (κ1) is 27.3. The standard InChI is InChI=1S/C26H27NO9S/c1-32-22-13-8-18(7-6-17-14-23(33-2)26(36-5)24(15-17)34-3)21(25(22)35-4)16-37(30,31)20-11-9-19(10-12-20)27(28)29/h6-15H,16H2,1-5H3/b7-6-. The Morgan fingerprint density at radius 2 is 1.32 bits per heavy atom. The molecule has 0 aliphatic heterocycles. The minimum Gasteiger partial charge on any atom is -0.493 e. The van der Waals surface area contributed by atoms with Crippen LogP contribution in [0.5, 0.6) is 28.7 Å². The zero-order chi connectivity index (χ0) is 27.2. The minimum atomic E-state index is -3.90. The fourth-order valence-electron chi connectivity index (χ4n) is 3.74. The second-order valence-corrected chi connectivity index (χ2v) is 9.66. The quantitative estimate of drug-likeness (QED) is 0.196. The lowest BCUT2D eigenvalue weighted by Gasteiger charge is -2.16. The summed E-state index contributed by atoms with van der Waals surface area (Å²) in [5, 5.41) is 11.0. The van der Waals surface area contributed by atoms with E-state index in [1.165, 1.54) is 47.7 Å². The van der Waals surface area contributed by atoms with Gasteiger partial charge in [-0.3, -0.25) is 10.1 Å². The van der Waals surface area contributed by atoms with Crippen molar-refractivity contribution in [3.63, 3.8) is 0 Å². The molecule has 196 valence electrons. The summed E-state index contributed by atoms with van der Waals surface area (Å²) in [6.07, 6.45) is 3.51. The molecule has 0 atom stereocenters. The van der Waals surface area contributed by atoms with Gasteiger partial charge in [-0.05, 0) is 41.5 Å². The first-order chi connectivity index (χ1) is 17.7. The van der Waals surface area contributed by atoms with E-state index in [9.17, 15) is 18.5 Å². The second-order valence-electron chi connectivity index (χ2n) is 7.67. The summed E-state index contributed by atoms with van der Waals surface area (Å²) >= 11 is 0. The van der Waals surface area contributed by atoms with Crippen LogP contribution in [0.1, 0.15) is 16.7 Å². The van der Waals surface area contributed by atoms with Crippen molar-refractivity contribution in [3.8, 4) is 28.7 Å². The van der Waals surface area contributed by atoms with Crippen molar-refractivity contribution < 1.29 is 37.0 Å². The molecule has 0 fully saturated rings. The SMILES string of the molecule is COc1cc(/C=C\c2ccc(OC)c(OC)c2CS(=O)(=O)c2ccc([N+](=O)[O-])cc2)cc(OC)c1OC. The highest BCUT2D eigenvalue weighted by Crippen LogP contribution is 2.40. The molecule has 3 aromatic carbocycles. The van der Waals surface area contributed by atoms with Crippen molar-refractivity contribution in [1.29, 1.82) is 0 Å². The normalized spacial score (nSPS) is 11.3. The van der Waals surface area contributed by atoms with Crippen molar-refractivity contribution in [2.75, 3.05) is 35.5 Å². The molecule has 0 aromatic heterocycles. The predicted molar refractivity (Wildman–Crippen MR) is 139 cm³/mol. The molecule has 0 N–H and O–H groups in total. The van der Waals surface area contributed by atoms with E-state index in [4.69, 9.17) is 23.7 Å². The van der Waals surface area contributed by atoms with E-state index in [-0.39, 0.29) is 16.3 Å². The molecule has 11 heteroatoms. The minimum absolute atomic E-state index is 0.0532. The Morgan fingerprint density at radius 3 is 1.81 bits per heavy atom. The third-order valence-corrected chi connectivity index (χ3v) is 7.23. The van der Waals surface area contributed by atoms with Gasteiger partial charge in [-0.25, -0.2) is 8.42 Å². The summed E-state index contributed by atoms with van der Waals surface area (Å²) in [6.45, 7) is 0. The van der Waals surface area contributed by atoms with Crippen LogP contribution in [-0.4, -0.2) is 48.9 Å². The Bertz CT molecular complexity index is 1390. The Morgan fingerprint density at radius 1 is 0.757 bits per heavy atom. The molecule has 3 rings (SSSR count). The van der Waals surface area contributed by atoms with Crippen molar-refractivity contribution in [3.05, 3.63) is 75.3 Å². The van der Waals surface area contributed by atoms with Gasteiger partial charge in [0.05, 0.1) is 51.1 Å². The van der Waals surface area contributed by atoms with Gasteiger partial charge >= 0.3 is 0 Å². The van der Waals surface area contributed by atoms with E-state index < -0.39 is 20.5 Å². The summed E-state index contributed by atoms with van der Waals surface area (Å²) in [4.78, 5) is 10.3. The van der Waals surface area contributed by atoms with Crippen LogP contribution >= 0.6 is 0 Å². The van der Waals surface area contributed by atoms with E-state index in [1.807, 2.05) is 0 Å². The summed E-state index contributed by atoms with van der Waals surface area (Å²) < 4.78 is 53.6. The Balaban J connectivity index is 2.08. The van der Waals surface area contributed by atoms with Crippen molar-refractivity contribution in [2.24, 2.45) is 0 Å². The number of methoxy groups -OCH3 is 5. The molecule has 10 nitrogen and oxygen atoms in total. The number of hydrogen-bond donors (Lipinski definition) is 0. The molecule has 0 saturated heterocycles. The Hall–Kier alpha value is -4.25. The molecule has 3 aromatic rings. The molecule has 0 unspecified atom stereocenters. The molecule has 0 spiro atoms. The number of sulfone groups is 1. The van der Waals surface area contributed by atoms with Crippen LogP contribution in [0, 0.1) is 10.1 Å². The van der Waals surface area contributed by atoms with E-state index in [0.29, 0.717) is 39.7 Å². The number of rotatable bonds is 11. The Kier molecular flexibility index (Phi) is 8.61. The van der Waals surface area contributed by atoms with Gasteiger partial charge in [0.25, 0.3) is 5.69 Å². The number of nitro benzene ring substituents is 1. The molecule has 0 radical (unpaired) electrons. The van der Waals surface area contributed by atoms with Gasteiger partial charge in [0.2, 0.25) is 5.75 Å². The van der Waals surface area contributed by atoms with Crippen molar-refractivity contribution in [1.82, 2.24) is 0 Å². The molecule has 0 bridgehead atoms. The number of hydrogen-bond acceptors (Lipinski definition) is 9. The predicted octanol–water partition coefficient (Wildman–Crippen LogP) is 4.78. The lowest BCUT2D eigenvalue weighted by molar-refractivity contribution is -0.384. The van der Waals surface area contributed by atoms with Crippen LogP contribution in [0.25, 0.3) is 12.2 Å². The molecule has 0 aliphatic carbocycles. The summed E-state index contributed by atoms with van der Waals surface area (Å²) in [5.41, 5.74) is 1.45. The van der Waals surface area contributed by atoms with Crippen LogP contribution in [0.4, 0.5) is 5.69 Å². The third-order valence-electron chi connectivity index (χ3n) is 5.57. The average Bonchev–Trinajstić information content (AvgIpc) is 2.91. The van der Waals surface area contributed by atoms with Crippen LogP contribution in [0.15, 0.2) is 53.4 Å². The summed E-state index contributed by atoms with van der Waals surface area (Å²) in [7, 11) is 3.52. The molecule has 0 heterocycles. The van der Waals surface area contributed by atoms with E-state index in [2.05, 4.69) is 0 Å². The van der Waals surface area contributed by atoms with Crippen LogP contribution in [0.3, 0.4) is 0 Å². The van der Waals surface area contributed by atoms with Crippen LogP contribution in [0.2, 0.25) is 0 Å². The Labute approximate surface area is 215 Å². The number of benzene rings is 3. The van der Waals surface area contributed by atoms with Gasteiger partial charge in [0.15, 0.2) is 32.8 Å². The monoisotopic (exact) mass is 529 g/mol. The number of non-ortho nitro benzene ring substituents is 1. The van der Waals surface area contributed by atoms with E-state index in [0.717, 1.165) is 12.1 Å². The molecular weight excluding hydrogens is 502 g/mol. The highest BCUT2D eigenvalue weighted by Gasteiger charge is 2.23. The van der Waals surface area contributed by atoms with E-state index in [1.54, 1.807) is 36.4 Å². The zero-order valence-corrected chi connectivity index (χ0v) is 21.8. The van der Waals surface area contributed by atoms with E-state index >= 15 is 0 Å². The number of nitro groups is 1. The highest BCUT2D eigenvalue weighted by molar-refractivity contribution is 7.90.